The third-order valence-corrected chi connectivity index (χ3v) is 4.45. The molecule has 0 atom stereocenters. The molecule has 0 spiro atoms. The molecule has 0 radical (unpaired) electrons. The van der Waals surface area contributed by atoms with E-state index in [4.69, 9.17) is 28.9 Å². The topological polar surface area (TPSA) is 118 Å². The molecule has 0 aliphatic rings. The van der Waals surface area contributed by atoms with Crippen molar-refractivity contribution >= 4 is 44.8 Å². The lowest BCUT2D eigenvalue weighted by atomic mass is 10.2. The molecule has 0 saturated heterocycles. The summed E-state index contributed by atoms with van der Waals surface area (Å²) < 4.78 is 26.4. The number of H-pyrrole nitrogens is 1. The van der Waals surface area contributed by atoms with Crippen LogP contribution in [0.1, 0.15) is 10.4 Å². The highest BCUT2D eigenvalue weighted by molar-refractivity contribution is 7.92. The van der Waals surface area contributed by atoms with Gasteiger partial charge in [-0.1, -0.05) is 23.2 Å². The summed E-state index contributed by atoms with van der Waals surface area (Å²) >= 11 is 11.5. The first kappa shape index (κ1) is 14.6. The van der Waals surface area contributed by atoms with Gasteiger partial charge in [-0.05, 0) is 18.2 Å². The van der Waals surface area contributed by atoms with E-state index < -0.39 is 15.9 Å². The molecule has 20 heavy (non-hydrogen) atoms. The van der Waals surface area contributed by atoms with Gasteiger partial charge in [0.1, 0.15) is 10.0 Å². The van der Waals surface area contributed by atoms with E-state index in [9.17, 15) is 13.2 Å². The van der Waals surface area contributed by atoms with E-state index in [1.54, 1.807) is 0 Å². The number of carbonyl (C=O) groups excluding carboxylic acids is 1. The molecular formula is C10H8Cl2N4O3S. The highest BCUT2D eigenvalue weighted by atomic mass is 35.5. The Morgan fingerprint density at radius 2 is 2.05 bits per heavy atom. The van der Waals surface area contributed by atoms with Gasteiger partial charge in [-0.3, -0.25) is 14.6 Å². The van der Waals surface area contributed by atoms with Gasteiger partial charge in [0.25, 0.3) is 10.0 Å². The van der Waals surface area contributed by atoms with Crippen molar-refractivity contribution in [3.05, 3.63) is 40.1 Å². The molecule has 2 rings (SSSR count). The second-order valence-corrected chi connectivity index (χ2v) is 6.15. The Bertz CT molecular complexity index is 773. The second-order valence-electron chi connectivity index (χ2n) is 3.71. The van der Waals surface area contributed by atoms with Crippen LogP contribution in [0.5, 0.6) is 0 Å². The maximum atomic E-state index is 12.1. The van der Waals surface area contributed by atoms with Crippen molar-refractivity contribution in [2.24, 2.45) is 5.73 Å². The molecule has 1 aromatic heterocycles. The van der Waals surface area contributed by atoms with Crippen molar-refractivity contribution < 1.29 is 13.2 Å². The first-order valence-electron chi connectivity index (χ1n) is 5.12. The number of hydrogen-bond donors (Lipinski definition) is 3. The lowest BCUT2D eigenvalue weighted by Crippen LogP contribution is -2.15. The van der Waals surface area contributed by atoms with E-state index in [-0.39, 0.29) is 26.3 Å². The van der Waals surface area contributed by atoms with Crippen LogP contribution < -0.4 is 10.5 Å². The lowest BCUT2D eigenvalue weighted by Gasteiger charge is -2.09. The predicted molar refractivity (Wildman–Crippen MR) is 74.4 cm³/mol. The summed E-state index contributed by atoms with van der Waals surface area (Å²) in [6, 6.07) is 3.97. The van der Waals surface area contributed by atoms with Crippen molar-refractivity contribution in [1.82, 2.24) is 10.2 Å². The van der Waals surface area contributed by atoms with E-state index in [1.807, 2.05) is 0 Å². The minimum atomic E-state index is -3.98. The van der Waals surface area contributed by atoms with Gasteiger partial charge in [-0.25, -0.2) is 8.42 Å². The highest BCUT2D eigenvalue weighted by Gasteiger charge is 2.21. The third kappa shape index (κ3) is 2.87. The standard InChI is InChI=1S/C10H8Cl2N4O3S/c11-6-2-1-5(10(13)17)3-7(6)16-20(18,19)8-4-14-15-9(8)12/h1-4,16H,(H2,13,17)(H,14,15). The number of amides is 1. The number of anilines is 1. The number of halogens is 2. The van der Waals surface area contributed by atoms with Crippen molar-refractivity contribution in [3.8, 4) is 0 Å². The number of aromatic nitrogens is 2. The van der Waals surface area contributed by atoms with E-state index in [0.717, 1.165) is 6.20 Å². The van der Waals surface area contributed by atoms with Crippen LogP contribution in [-0.2, 0) is 10.0 Å². The van der Waals surface area contributed by atoms with Gasteiger partial charge in [0.2, 0.25) is 5.91 Å². The average Bonchev–Trinajstić information content (AvgIpc) is 2.78. The summed E-state index contributed by atoms with van der Waals surface area (Å²) in [6.45, 7) is 0. The number of carbonyl (C=O) groups is 1. The smallest absolute Gasteiger partial charge is 0.266 e. The number of nitrogens with zero attached hydrogens (tertiary/aromatic N) is 1. The molecule has 0 aliphatic carbocycles. The van der Waals surface area contributed by atoms with Crippen molar-refractivity contribution in [3.63, 3.8) is 0 Å². The van der Waals surface area contributed by atoms with Crippen LogP contribution >= 0.6 is 23.2 Å². The Kier molecular flexibility index (Phi) is 3.89. The summed E-state index contributed by atoms with van der Waals surface area (Å²) in [5.74, 6) is -0.705. The molecule has 0 unspecified atom stereocenters. The van der Waals surface area contributed by atoms with Crippen LogP contribution in [0.3, 0.4) is 0 Å². The Morgan fingerprint density at radius 1 is 1.35 bits per heavy atom. The Hall–Kier alpha value is -1.77. The van der Waals surface area contributed by atoms with Crippen LogP contribution in [-0.4, -0.2) is 24.5 Å². The van der Waals surface area contributed by atoms with Gasteiger partial charge in [-0.15, -0.1) is 0 Å². The van der Waals surface area contributed by atoms with E-state index in [1.165, 1.54) is 18.2 Å². The molecule has 2 aromatic rings. The van der Waals surface area contributed by atoms with Crippen LogP contribution in [0.25, 0.3) is 0 Å². The number of rotatable bonds is 4. The third-order valence-electron chi connectivity index (χ3n) is 2.35. The summed E-state index contributed by atoms with van der Waals surface area (Å²) in [7, 11) is -3.98. The van der Waals surface area contributed by atoms with Gasteiger partial charge in [0, 0.05) is 5.56 Å². The Balaban J connectivity index is 2.42. The molecule has 0 bridgehead atoms. The SMILES string of the molecule is NC(=O)c1ccc(Cl)c(NS(=O)(=O)c2cn[nH]c2Cl)c1. The molecule has 7 nitrogen and oxygen atoms in total. The molecule has 1 aromatic carbocycles. The number of sulfonamides is 1. The number of hydrogen-bond acceptors (Lipinski definition) is 4. The molecule has 106 valence electrons. The van der Waals surface area contributed by atoms with E-state index in [0.29, 0.717) is 0 Å². The van der Waals surface area contributed by atoms with Gasteiger partial charge in [-0.2, -0.15) is 5.10 Å². The highest BCUT2D eigenvalue weighted by Crippen LogP contribution is 2.27. The molecule has 0 saturated carbocycles. The van der Waals surface area contributed by atoms with Gasteiger partial charge in [0.05, 0.1) is 16.9 Å². The van der Waals surface area contributed by atoms with Gasteiger partial charge < -0.3 is 5.73 Å². The summed E-state index contributed by atoms with van der Waals surface area (Å²) in [5, 5.41) is 5.78. The quantitative estimate of drug-likeness (QED) is 0.787. The van der Waals surface area contributed by atoms with Crippen LogP contribution in [0, 0.1) is 0 Å². The first-order chi connectivity index (χ1) is 9.31. The normalized spacial score (nSPS) is 11.3. The molecule has 0 aliphatic heterocycles. The Labute approximate surface area is 124 Å². The molecule has 1 amide bonds. The van der Waals surface area contributed by atoms with Crippen molar-refractivity contribution in [2.75, 3.05) is 4.72 Å². The minimum absolute atomic E-state index is 0.0141. The zero-order valence-electron chi connectivity index (χ0n) is 9.72. The van der Waals surface area contributed by atoms with Gasteiger partial charge >= 0.3 is 0 Å². The van der Waals surface area contributed by atoms with E-state index >= 15 is 0 Å². The first-order valence-corrected chi connectivity index (χ1v) is 7.36. The van der Waals surface area contributed by atoms with Crippen LogP contribution in [0.4, 0.5) is 5.69 Å². The lowest BCUT2D eigenvalue weighted by molar-refractivity contribution is 0.100. The molecule has 4 N–H and O–H groups in total. The monoisotopic (exact) mass is 334 g/mol. The number of nitrogens with two attached hydrogens (primary N) is 1. The predicted octanol–water partition coefficient (Wildman–Crippen LogP) is 1.62. The number of benzene rings is 1. The number of primary amides is 1. The average molecular weight is 335 g/mol. The Morgan fingerprint density at radius 3 is 2.60 bits per heavy atom. The fourth-order valence-electron chi connectivity index (χ4n) is 1.40. The second kappa shape index (κ2) is 5.31. The molecular weight excluding hydrogens is 327 g/mol. The van der Waals surface area contributed by atoms with Crippen molar-refractivity contribution in [1.29, 1.82) is 0 Å². The van der Waals surface area contributed by atoms with Gasteiger partial charge in [0.15, 0.2) is 0 Å². The number of aromatic amines is 1. The summed E-state index contributed by atoms with van der Waals surface area (Å²) in [5.41, 5.74) is 5.25. The van der Waals surface area contributed by atoms with Crippen molar-refractivity contribution in [2.45, 2.75) is 4.90 Å². The zero-order chi connectivity index (χ0) is 14.9. The number of nitrogens with one attached hydrogen (secondary N) is 2. The summed E-state index contributed by atoms with van der Waals surface area (Å²) in [4.78, 5) is 10.8. The fraction of sp³-hybridized carbons (Fsp3) is 0. The molecule has 0 fully saturated rings. The summed E-state index contributed by atoms with van der Waals surface area (Å²) in [6.07, 6.45) is 1.05. The maximum Gasteiger partial charge on any atom is 0.266 e. The van der Waals surface area contributed by atoms with Crippen LogP contribution in [0.2, 0.25) is 10.2 Å². The largest absolute Gasteiger partial charge is 0.366 e. The van der Waals surface area contributed by atoms with Crippen LogP contribution in [0.15, 0.2) is 29.3 Å². The molecule has 10 heteroatoms. The maximum absolute atomic E-state index is 12.1. The zero-order valence-corrected chi connectivity index (χ0v) is 12.1. The molecule has 1 heterocycles. The van der Waals surface area contributed by atoms with E-state index in [2.05, 4.69) is 14.9 Å². The fourth-order valence-corrected chi connectivity index (χ4v) is 3.07. The minimum Gasteiger partial charge on any atom is -0.366 e.